The van der Waals surface area contributed by atoms with Gasteiger partial charge in [0.05, 0.1) is 11.5 Å². The number of carbonyl (C=O) groups is 1. The number of rotatable bonds is 1. The van der Waals surface area contributed by atoms with Crippen LogP contribution in [0.2, 0.25) is 0 Å². The second kappa shape index (κ2) is 5.44. The van der Waals surface area contributed by atoms with Crippen LogP contribution in [0.3, 0.4) is 0 Å². The summed E-state index contributed by atoms with van der Waals surface area (Å²) in [7, 11) is 0. The maximum atomic E-state index is 12.3. The number of hydrogen-bond acceptors (Lipinski definition) is 3. The van der Waals surface area contributed by atoms with Crippen molar-refractivity contribution >= 4 is 6.29 Å². The van der Waals surface area contributed by atoms with E-state index in [2.05, 4.69) is 25.8 Å². The normalized spacial score (nSPS) is 54.5. The maximum absolute atomic E-state index is 12.3. The van der Waals surface area contributed by atoms with Gasteiger partial charge in [-0.2, -0.15) is 0 Å². The summed E-state index contributed by atoms with van der Waals surface area (Å²) < 4.78 is 0. The lowest BCUT2D eigenvalue weighted by Gasteiger charge is -2.59. The molecule has 3 nitrogen and oxygen atoms in total. The Bertz CT molecular complexity index is 661. The first-order valence-corrected chi connectivity index (χ1v) is 9.87. The van der Waals surface area contributed by atoms with Crippen molar-refractivity contribution in [3.63, 3.8) is 0 Å². The number of aldehydes is 1. The Labute approximate surface area is 150 Å². The van der Waals surface area contributed by atoms with Crippen molar-refractivity contribution in [3.8, 4) is 12.3 Å². The lowest BCUT2D eigenvalue weighted by molar-refractivity contribution is -0.134. The molecule has 25 heavy (non-hydrogen) atoms. The number of carbonyl (C=O) groups excluding carboxylic acids is 1. The molecule has 136 valence electrons. The lowest BCUT2D eigenvalue weighted by Crippen LogP contribution is -2.57. The minimum atomic E-state index is -1.01. The van der Waals surface area contributed by atoms with Crippen molar-refractivity contribution in [3.05, 3.63) is 11.6 Å². The van der Waals surface area contributed by atoms with Gasteiger partial charge in [-0.25, -0.2) is 0 Å². The molecule has 0 aromatic carbocycles. The molecule has 3 heteroatoms. The molecule has 0 saturated heterocycles. The van der Waals surface area contributed by atoms with Crippen LogP contribution in [0.4, 0.5) is 0 Å². The summed E-state index contributed by atoms with van der Waals surface area (Å²) in [5.41, 5.74) is -0.484. The summed E-state index contributed by atoms with van der Waals surface area (Å²) in [5, 5.41) is 21.2. The highest BCUT2D eigenvalue weighted by molar-refractivity contribution is 5.67. The third kappa shape index (κ3) is 2.04. The number of hydrogen-bond donors (Lipinski definition) is 2. The minimum Gasteiger partial charge on any atom is -0.393 e. The average molecular weight is 342 g/mol. The van der Waals surface area contributed by atoms with Crippen molar-refractivity contribution in [1.82, 2.24) is 0 Å². The second-order valence-electron chi connectivity index (χ2n) is 9.40. The Hall–Kier alpha value is -1.11. The minimum absolute atomic E-state index is 0.249. The van der Waals surface area contributed by atoms with E-state index in [0.717, 1.165) is 25.7 Å². The molecule has 0 aromatic heterocycles. The van der Waals surface area contributed by atoms with E-state index >= 15 is 0 Å². The first-order chi connectivity index (χ1) is 11.8. The molecule has 2 N–H and O–H groups in total. The van der Waals surface area contributed by atoms with Gasteiger partial charge in [-0.1, -0.05) is 31.4 Å². The van der Waals surface area contributed by atoms with Gasteiger partial charge in [0.25, 0.3) is 0 Å². The first-order valence-electron chi connectivity index (χ1n) is 9.87. The fourth-order valence-electron chi connectivity index (χ4n) is 7.19. The number of aliphatic hydroxyl groups excluding tert-OH is 1. The highest BCUT2D eigenvalue weighted by Gasteiger charge is 2.65. The van der Waals surface area contributed by atoms with Gasteiger partial charge in [-0.15, -0.1) is 6.42 Å². The third-order valence-electron chi connectivity index (χ3n) is 8.61. The van der Waals surface area contributed by atoms with E-state index in [4.69, 9.17) is 6.42 Å². The Morgan fingerprint density at radius 2 is 1.96 bits per heavy atom. The van der Waals surface area contributed by atoms with Gasteiger partial charge >= 0.3 is 0 Å². The Kier molecular flexibility index (Phi) is 3.77. The molecule has 0 aromatic rings. The van der Waals surface area contributed by atoms with Gasteiger partial charge in [0.1, 0.15) is 11.9 Å². The molecule has 0 spiro atoms. The van der Waals surface area contributed by atoms with Gasteiger partial charge < -0.3 is 15.0 Å². The molecular formula is C22H30O3. The quantitative estimate of drug-likeness (QED) is 0.437. The van der Waals surface area contributed by atoms with Gasteiger partial charge in [0.15, 0.2) is 0 Å². The molecule has 8 atom stereocenters. The second-order valence-corrected chi connectivity index (χ2v) is 9.40. The molecule has 4 aliphatic carbocycles. The molecule has 0 radical (unpaired) electrons. The summed E-state index contributed by atoms with van der Waals surface area (Å²) in [6.45, 7) is 4.42. The van der Waals surface area contributed by atoms with Crippen LogP contribution in [0.1, 0.15) is 58.8 Å². The SMILES string of the molecule is C#CC1(O)CC[C@H]2[C@@H]3C(C)C=C4CC(O)CC[C@]4(C=O)[C@@H]3CC[C@@]21C. The van der Waals surface area contributed by atoms with Crippen molar-refractivity contribution in [2.24, 2.45) is 34.5 Å². The standard InChI is InChI=1S/C22H30O3/c1-4-22(25)10-7-17-19-14(2)11-15-12-16(24)5-9-21(15,13-23)18(19)6-8-20(17,22)3/h1,11,13-14,16-19,24-25H,5-10,12H2,2-3H3/t14?,16?,17-,18+,19-,20-,21+,22?/m0/s1. The highest BCUT2D eigenvalue weighted by atomic mass is 16.3. The van der Waals surface area contributed by atoms with Crippen LogP contribution in [0.15, 0.2) is 11.6 Å². The van der Waals surface area contributed by atoms with E-state index in [1.54, 1.807) is 0 Å². The van der Waals surface area contributed by atoms with Gasteiger partial charge in [-0.05, 0) is 68.6 Å². The highest BCUT2D eigenvalue weighted by Crippen LogP contribution is 2.67. The van der Waals surface area contributed by atoms with Crippen LogP contribution in [0.5, 0.6) is 0 Å². The first kappa shape index (κ1) is 17.3. The average Bonchev–Trinajstić information content (AvgIpc) is 2.87. The van der Waals surface area contributed by atoms with Crippen LogP contribution < -0.4 is 0 Å². The molecule has 0 bridgehead atoms. The Balaban J connectivity index is 1.78. The molecule has 3 fully saturated rings. The Morgan fingerprint density at radius 1 is 1.24 bits per heavy atom. The number of terminal acetylenes is 1. The third-order valence-corrected chi connectivity index (χ3v) is 8.61. The van der Waals surface area contributed by atoms with Crippen molar-refractivity contribution in [1.29, 1.82) is 0 Å². The molecule has 3 saturated carbocycles. The number of allylic oxidation sites excluding steroid dienone is 1. The van der Waals surface area contributed by atoms with Crippen LogP contribution in [0, 0.1) is 46.8 Å². The predicted molar refractivity (Wildman–Crippen MR) is 96.4 cm³/mol. The van der Waals surface area contributed by atoms with E-state index in [-0.39, 0.29) is 11.5 Å². The van der Waals surface area contributed by atoms with E-state index in [0.29, 0.717) is 42.9 Å². The van der Waals surface area contributed by atoms with Gasteiger partial charge in [0, 0.05) is 5.41 Å². The van der Waals surface area contributed by atoms with E-state index in [1.165, 1.54) is 11.9 Å². The van der Waals surface area contributed by atoms with E-state index in [1.807, 2.05) is 0 Å². The zero-order valence-corrected chi connectivity index (χ0v) is 15.4. The van der Waals surface area contributed by atoms with Crippen LogP contribution in [-0.2, 0) is 4.79 Å². The van der Waals surface area contributed by atoms with Crippen LogP contribution in [0.25, 0.3) is 0 Å². The zero-order chi connectivity index (χ0) is 18.0. The lowest BCUT2D eigenvalue weighted by atomic mass is 9.45. The molecule has 4 rings (SSSR count). The summed E-state index contributed by atoms with van der Waals surface area (Å²) in [5.74, 6) is 4.16. The van der Waals surface area contributed by atoms with Crippen molar-refractivity contribution in [2.45, 2.75) is 70.5 Å². The number of fused-ring (bicyclic) bond motifs is 5. The molecule has 0 amide bonds. The number of aliphatic hydroxyl groups is 2. The summed E-state index contributed by atoms with van der Waals surface area (Å²) in [6.07, 6.45) is 14.5. The van der Waals surface area contributed by atoms with Gasteiger partial charge in [0.2, 0.25) is 0 Å². The fourth-order valence-corrected chi connectivity index (χ4v) is 7.19. The molecule has 3 unspecified atom stereocenters. The van der Waals surface area contributed by atoms with Crippen LogP contribution >= 0.6 is 0 Å². The zero-order valence-electron chi connectivity index (χ0n) is 15.4. The molecule has 4 aliphatic rings. The summed E-state index contributed by atoms with van der Waals surface area (Å²) in [4.78, 5) is 12.3. The summed E-state index contributed by atoms with van der Waals surface area (Å²) >= 11 is 0. The predicted octanol–water partition coefficient (Wildman–Crippen LogP) is 3.10. The van der Waals surface area contributed by atoms with E-state index in [9.17, 15) is 15.0 Å². The monoisotopic (exact) mass is 342 g/mol. The molecule has 0 aliphatic heterocycles. The molecule has 0 heterocycles. The topological polar surface area (TPSA) is 57.5 Å². The Morgan fingerprint density at radius 3 is 2.64 bits per heavy atom. The van der Waals surface area contributed by atoms with Gasteiger partial charge in [-0.3, -0.25) is 0 Å². The van der Waals surface area contributed by atoms with E-state index < -0.39 is 11.0 Å². The van der Waals surface area contributed by atoms with Crippen molar-refractivity contribution in [2.75, 3.05) is 0 Å². The fraction of sp³-hybridized carbons (Fsp3) is 0.773. The van der Waals surface area contributed by atoms with Crippen molar-refractivity contribution < 1.29 is 15.0 Å². The molecular weight excluding hydrogens is 312 g/mol. The summed E-state index contributed by atoms with van der Waals surface area (Å²) in [6, 6.07) is 0. The maximum Gasteiger partial charge on any atom is 0.130 e. The van der Waals surface area contributed by atoms with Crippen LogP contribution in [-0.4, -0.2) is 28.2 Å². The largest absolute Gasteiger partial charge is 0.393 e. The smallest absolute Gasteiger partial charge is 0.130 e.